The van der Waals surface area contributed by atoms with Crippen molar-refractivity contribution in [2.45, 2.75) is 32.0 Å². The summed E-state index contributed by atoms with van der Waals surface area (Å²) < 4.78 is 5.46. The molecule has 2 rings (SSSR count). The van der Waals surface area contributed by atoms with Crippen LogP contribution in [0.25, 0.3) is 0 Å². The highest BCUT2D eigenvalue weighted by Crippen LogP contribution is 2.33. The third-order valence-corrected chi connectivity index (χ3v) is 4.36. The van der Waals surface area contributed by atoms with Gasteiger partial charge in [-0.2, -0.15) is 11.8 Å². The van der Waals surface area contributed by atoms with Gasteiger partial charge in [-0.05, 0) is 24.3 Å². The molecule has 0 aromatic heterocycles. The van der Waals surface area contributed by atoms with E-state index in [1.165, 1.54) is 4.90 Å². The molecule has 126 valence electrons. The topological polar surface area (TPSA) is 84.7 Å². The highest BCUT2D eigenvalue weighted by atomic mass is 32.2. The predicted octanol–water partition coefficient (Wildman–Crippen LogP) is 1.73. The van der Waals surface area contributed by atoms with Gasteiger partial charge in [-0.25, -0.2) is 4.79 Å². The Bertz CT molecular complexity index is 567. The molecule has 0 radical (unpaired) electrons. The first-order valence-corrected chi connectivity index (χ1v) is 9.07. The van der Waals surface area contributed by atoms with Crippen LogP contribution in [0, 0.1) is 0 Å². The second kappa shape index (κ2) is 8.21. The number of carbonyl (C=O) groups is 2. The molecular weight excluding hydrogens is 314 g/mol. The van der Waals surface area contributed by atoms with Gasteiger partial charge in [0, 0.05) is 18.7 Å². The summed E-state index contributed by atoms with van der Waals surface area (Å²) in [5, 5.41) is 2.69. The molecule has 0 bridgehead atoms. The van der Waals surface area contributed by atoms with Crippen molar-refractivity contribution >= 4 is 29.4 Å². The van der Waals surface area contributed by atoms with E-state index in [0.29, 0.717) is 19.4 Å². The molecule has 0 unspecified atom stereocenters. The van der Waals surface area contributed by atoms with Crippen molar-refractivity contribution in [3.63, 3.8) is 0 Å². The maximum atomic E-state index is 12.6. The summed E-state index contributed by atoms with van der Waals surface area (Å²) in [6, 6.07) is 6.94. The summed E-state index contributed by atoms with van der Waals surface area (Å²) in [6.45, 7) is 2.39. The third kappa shape index (κ3) is 4.17. The minimum Gasteiger partial charge on any atom is -0.425 e. The van der Waals surface area contributed by atoms with E-state index in [1.807, 2.05) is 37.4 Å². The average molecular weight is 337 g/mol. The van der Waals surface area contributed by atoms with Gasteiger partial charge in [-0.15, -0.1) is 0 Å². The molecule has 1 aliphatic rings. The summed E-state index contributed by atoms with van der Waals surface area (Å²) in [6.07, 6.45) is 1.82. The predicted molar refractivity (Wildman–Crippen MR) is 92.6 cm³/mol. The number of ether oxygens (including phenoxy) is 1. The fourth-order valence-corrected chi connectivity index (χ4v) is 2.79. The maximum absolute atomic E-state index is 12.6. The van der Waals surface area contributed by atoms with Crippen LogP contribution in [0.5, 0.6) is 0 Å². The SMILES string of the molecule is CC[C@H](N)C(=O)N1c2ccccc2C[C@@H]1OC(=O)NCCSC. The number of rotatable bonds is 6. The molecule has 0 saturated carbocycles. The van der Waals surface area contributed by atoms with Crippen LogP contribution in [0.3, 0.4) is 0 Å². The van der Waals surface area contributed by atoms with Crippen molar-refractivity contribution in [1.29, 1.82) is 0 Å². The number of anilines is 1. The monoisotopic (exact) mass is 337 g/mol. The second-order valence-corrected chi connectivity index (χ2v) is 6.32. The first-order chi connectivity index (χ1) is 11.1. The van der Waals surface area contributed by atoms with Crippen molar-refractivity contribution in [3.8, 4) is 0 Å². The molecule has 7 heteroatoms. The van der Waals surface area contributed by atoms with E-state index in [0.717, 1.165) is 17.0 Å². The summed E-state index contributed by atoms with van der Waals surface area (Å²) in [5.74, 6) is 0.586. The van der Waals surface area contributed by atoms with Crippen LogP contribution >= 0.6 is 11.8 Å². The fourth-order valence-electron chi connectivity index (χ4n) is 2.48. The Kier molecular flexibility index (Phi) is 6.29. The molecule has 0 fully saturated rings. The quantitative estimate of drug-likeness (QED) is 0.772. The van der Waals surface area contributed by atoms with Crippen LogP contribution in [0.15, 0.2) is 24.3 Å². The van der Waals surface area contributed by atoms with Gasteiger partial charge in [0.25, 0.3) is 0 Å². The minimum atomic E-state index is -0.647. The highest BCUT2D eigenvalue weighted by molar-refractivity contribution is 7.98. The van der Waals surface area contributed by atoms with Crippen molar-refractivity contribution in [1.82, 2.24) is 5.32 Å². The normalized spacial score (nSPS) is 17.5. The average Bonchev–Trinajstić information content (AvgIpc) is 2.91. The van der Waals surface area contributed by atoms with Crippen LogP contribution < -0.4 is 16.0 Å². The number of hydrogen-bond acceptors (Lipinski definition) is 5. The summed E-state index contributed by atoms with van der Waals surface area (Å²) in [5.41, 5.74) is 7.64. The molecule has 1 aliphatic heterocycles. The molecule has 23 heavy (non-hydrogen) atoms. The van der Waals surface area contributed by atoms with Gasteiger partial charge in [-0.1, -0.05) is 25.1 Å². The lowest BCUT2D eigenvalue weighted by molar-refractivity contribution is -0.121. The Morgan fingerprint density at radius 3 is 2.91 bits per heavy atom. The molecular formula is C16H23N3O3S. The third-order valence-electron chi connectivity index (χ3n) is 3.75. The zero-order valence-corrected chi connectivity index (χ0v) is 14.3. The van der Waals surface area contributed by atoms with Crippen LogP contribution in [-0.4, -0.2) is 42.8 Å². The van der Waals surface area contributed by atoms with Gasteiger partial charge in [0.1, 0.15) is 0 Å². The Hall–Kier alpha value is -1.73. The number of nitrogens with one attached hydrogen (secondary N) is 1. The number of carbonyl (C=O) groups excluding carboxylic acids is 2. The van der Waals surface area contributed by atoms with Crippen LogP contribution in [0.1, 0.15) is 18.9 Å². The Morgan fingerprint density at radius 2 is 2.22 bits per heavy atom. The van der Waals surface area contributed by atoms with Gasteiger partial charge >= 0.3 is 6.09 Å². The number of benzene rings is 1. The van der Waals surface area contributed by atoms with Gasteiger partial charge in [0.2, 0.25) is 5.91 Å². The lowest BCUT2D eigenvalue weighted by Gasteiger charge is -2.27. The van der Waals surface area contributed by atoms with E-state index in [2.05, 4.69) is 5.32 Å². The number of fused-ring (bicyclic) bond motifs is 1. The number of nitrogens with zero attached hydrogens (tertiary/aromatic N) is 1. The first-order valence-electron chi connectivity index (χ1n) is 7.68. The van der Waals surface area contributed by atoms with E-state index in [1.54, 1.807) is 11.8 Å². The highest BCUT2D eigenvalue weighted by Gasteiger charge is 2.37. The smallest absolute Gasteiger partial charge is 0.409 e. The second-order valence-electron chi connectivity index (χ2n) is 5.34. The number of thioether (sulfide) groups is 1. The molecule has 2 atom stereocenters. The van der Waals surface area contributed by atoms with Crippen LogP contribution in [0.4, 0.5) is 10.5 Å². The van der Waals surface area contributed by atoms with E-state index in [4.69, 9.17) is 10.5 Å². The molecule has 0 saturated heterocycles. The zero-order valence-electron chi connectivity index (χ0n) is 13.5. The van der Waals surface area contributed by atoms with E-state index >= 15 is 0 Å². The zero-order chi connectivity index (χ0) is 16.8. The number of nitrogens with two attached hydrogens (primary N) is 1. The first kappa shape index (κ1) is 17.6. The molecule has 1 aromatic carbocycles. The molecule has 0 spiro atoms. The minimum absolute atomic E-state index is 0.223. The van der Waals surface area contributed by atoms with Gasteiger partial charge < -0.3 is 15.8 Å². The number of para-hydroxylation sites is 1. The Morgan fingerprint density at radius 1 is 1.48 bits per heavy atom. The van der Waals surface area contributed by atoms with Crippen molar-refractivity contribution in [2.75, 3.05) is 23.5 Å². The van der Waals surface area contributed by atoms with Crippen molar-refractivity contribution < 1.29 is 14.3 Å². The fraction of sp³-hybridized carbons (Fsp3) is 0.500. The lowest BCUT2D eigenvalue weighted by atomic mass is 10.1. The summed E-state index contributed by atoms with van der Waals surface area (Å²) in [7, 11) is 0. The number of hydrogen-bond donors (Lipinski definition) is 2. The van der Waals surface area contributed by atoms with E-state index < -0.39 is 18.4 Å². The van der Waals surface area contributed by atoms with Gasteiger partial charge in [-0.3, -0.25) is 9.69 Å². The van der Waals surface area contributed by atoms with Crippen molar-refractivity contribution in [2.24, 2.45) is 5.73 Å². The molecule has 6 nitrogen and oxygen atoms in total. The standard InChI is InChI=1S/C16H23N3O3S/c1-3-12(17)15(20)19-13-7-5-4-6-11(13)10-14(19)22-16(21)18-8-9-23-2/h4-7,12,14H,3,8-10,17H2,1-2H3,(H,18,21)/t12-,14-/m0/s1. The molecule has 1 heterocycles. The molecule has 2 amide bonds. The summed E-state index contributed by atoms with van der Waals surface area (Å²) in [4.78, 5) is 26.0. The number of alkyl carbamates (subject to hydrolysis) is 1. The molecule has 3 N–H and O–H groups in total. The Balaban J connectivity index is 2.12. The largest absolute Gasteiger partial charge is 0.425 e. The molecule has 0 aliphatic carbocycles. The summed E-state index contributed by atoms with van der Waals surface area (Å²) >= 11 is 1.64. The van der Waals surface area contributed by atoms with E-state index in [-0.39, 0.29) is 5.91 Å². The number of amides is 2. The Labute approximate surface area is 140 Å². The lowest BCUT2D eigenvalue weighted by Crippen LogP contribution is -2.49. The van der Waals surface area contributed by atoms with E-state index in [9.17, 15) is 9.59 Å². The van der Waals surface area contributed by atoms with Gasteiger partial charge in [0.15, 0.2) is 6.23 Å². The molecule has 1 aromatic rings. The van der Waals surface area contributed by atoms with Crippen molar-refractivity contribution in [3.05, 3.63) is 29.8 Å². The van der Waals surface area contributed by atoms with Crippen LogP contribution in [-0.2, 0) is 16.0 Å². The maximum Gasteiger partial charge on any atom is 0.409 e. The van der Waals surface area contributed by atoms with Gasteiger partial charge in [0.05, 0.1) is 11.7 Å². The van der Waals surface area contributed by atoms with Crippen LogP contribution in [0.2, 0.25) is 0 Å².